The van der Waals surface area contributed by atoms with E-state index in [4.69, 9.17) is 23.7 Å². The van der Waals surface area contributed by atoms with E-state index in [1.165, 1.54) is 6.08 Å². The third-order valence-corrected chi connectivity index (χ3v) is 0.305. The molecule has 0 spiro atoms. The van der Waals surface area contributed by atoms with Crippen molar-refractivity contribution in [2.75, 3.05) is 0 Å². The van der Waals surface area contributed by atoms with Crippen LogP contribution in [0, 0.1) is 10.2 Å². The van der Waals surface area contributed by atoms with Gasteiger partial charge in [-0.1, -0.05) is 6.08 Å². The Hall–Kier alpha value is -0.237. The molecule has 0 aliphatic rings. The SMILES string of the molecule is CC=COC(=O)O.[O-][Cl+3]([O-])([O-])[O-].[Zn]. The summed E-state index contributed by atoms with van der Waals surface area (Å²) in [4.78, 5) is 9.48. The summed E-state index contributed by atoms with van der Waals surface area (Å²) in [6.07, 6.45) is 1.31. The van der Waals surface area contributed by atoms with Crippen LogP contribution in [0.3, 0.4) is 0 Å². The van der Waals surface area contributed by atoms with Gasteiger partial charge < -0.3 is 9.84 Å². The molecule has 0 heterocycles. The van der Waals surface area contributed by atoms with Gasteiger partial charge in [0.1, 0.15) is 0 Å². The van der Waals surface area contributed by atoms with Gasteiger partial charge in [0, 0.05) is 19.5 Å². The Kier molecular flexibility index (Phi) is 14.0. The molecule has 0 atom stereocenters. The zero-order valence-corrected chi connectivity index (χ0v) is 10.4. The summed E-state index contributed by atoms with van der Waals surface area (Å²) < 4.78 is 37.9. The van der Waals surface area contributed by atoms with Crippen LogP contribution in [0.5, 0.6) is 0 Å². The Morgan fingerprint density at radius 3 is 1.77 bits per heavy atom. The molecule has 1 N–H and O–H groups in total. The van der Waals surface area contributed by atoms with Crippen molar-refractivity contribution < 1.29 is 63.0 Å². The van der Waals surface area contributed by atoms with Gasteiger partial charge in [-0.05, 0) is 6.92 Å². The molecule has 0 fully saturated rings. The fourth-order valence-corrected chi connectivity index (χ4v) is 0.126. The van der Waals surface area contributed by atoms with E-state index in [0.29, 0.717) is 0 Å². The smallest absolute Gasteiger partial charge is 0.449 e. The van der Waals surface area contributed by atoms with Crippen molar-refractivity contribution >= 4 is 6.16 Å². The maximum atomic E-state index is 9.48. The summed E-state index contributed by atoms with van der Waals surface area (Å²) in [5, 5.41) is 7.77. The normalized spacial score (nSPS) is 9.62. The summed E-state index contributed by atoms with van der Waals surface area (Å²) in [7, 11) is -4.94. The summed E-state index contributed by atoms with van der Waals surface area (Å²) in [6.45, 7) is 1.67. The maximum absolute atomic E-state index is 9.48. The molecule has 0 amide bonds. The predicted octanol–water partition coefficient (Wildman–Crippen LogP) is -3.54. The fourth-order valence-electron chi connectivity index (χ4n) is 0.126. The van der Waals surface area contributed by atoms with E-state index < -0.39 is 16.4 Å². The summed E-state index contributed by atoms with van der Waals surface area (Å²) >= 11 is 0. The minimum Gasteiger partial charge on any atom is -0.449 e. The van der Waals surface area contributed by atoms with Gasteiger partial charge in [0.05, 0.1) is 6.26 Å². The molecule has 0 aromatic heterocycles. The molecule has 0 aromatic rings. The first-order valence-electron chi connectivity index (χ1n) is 2.40. The Bertz CT molecular complexity index is 147. The predicted molar refractivity (Wildman–Crippen MR) is 23.9 cm³/mol. The van der Waals surface area contributed by atoms with E-state index in [9.17, 15) is 4.79 Å². The quantitative estimate of drug-likeness (QED) is 0.294. The second kappa shape index (κ2) is 9.85. The van der Waals surface area contributed by atoms with Crippen molar-refractivity contribution in [1.29, 1.82) is 0 Å². The third kappa shape index (κ3) is 79.2. The largest absolute Gasteiger partial charge is 0.510 e. The van der Waals surface area contributed by atoms with E-state index in [2.05, 4.69) is 4.74 Å². The number of hydrogen-bond donors (Lipinski definition) is 1. The molecule has 0 radical (unpaired) electrons. The zero-order chi connectivity index (χ0) is 10.2. The topological polar surface area (TPSA) is 139 Å². The number of rotatable bonds is 1. The van der Waals surface area contributed by atoms with Crippen molar-refractivity contribution in [2.45, 2.75) is 6.92 Å². The first kappa shape index (κ1) is 18.5. The van der Waals surface area contributed by atoms with Crippen molar-refractivity contribution in [2.24, 2.45) is 0 Å². The van der Waals surface area contributed by atoms with Crippen LogP contribution < -0.4 is 18.6 Å². The molecule has 9 heteroatoms. The molecule has 0 bridgehead atoms. The van der Waals surface area contributed by atoms with E-state index in [0.717, 1.165) is 6.26 Å². The van der Waals surface area contributed by atoms with Gasteiger partial charge in [-0.2, -0.15) is 0 Å². The molecule has 0 unspecified atom stereocenters. The van der Waals surface area contributed by atoms with Crippen LogP contribution in [0.4, 0.5) is 4.79 Å². The average molecular weight is 267 g/mol. The molecule has 0 aliphatic heterocycles. The molecular weight excluding hydrogens is 261 g/mol. The van der Waals surface area contributed by atoms with Gasteiger partial charge in [-0.3, -0.25) is 0 Å². The Morgan fingerprint density at radius 2 is 1.69 bits per heavy atom. The van der Waals surface area contributed by atoms with Crippen LogP contribution in [0.2, 0.25) is 0 Å². The number of carbonyl (C=O) groups is 1. The first-order valence-corrected chi connectivity index (χ1v) is 3.63. The number of hydrogen-bond acceptors (Lipinski definition) is 6. The van der Waals surface area contributed by atoms with Crippen LogP contribution in [0.15, 0.2) is 12.3 Å². The molecule has 74 valence electrons. The zero-order valence-electron chi connectivity index (χ0n) is 6.64. The van der Waals surface area contributed by atoms with E-state index >= 15 is 0 Å². The number of halogens is 1. The second-order valence-corrected chi connectivity index (χ2v) is 1.99. The van der Waals surface area contributed by atoms with E-state index in [1.807, 2.05) is 0 Å². The average Bonchev–Trinajstić information content (AvgIpc) is 1.79. The molecule has 0 aliphatic carbocycles. The molecule has 0 saturated carbocycles. The van der Waals surface area contributed by atoms with Crippen molar-refractivity contribution in [3.05, 3.63) is 12.3 Å². The maximum Gasteiger partial charge on any atom is 0.510 e. The van der Waals surface area contributed by atoms with Gasteiger partial charge in [0.15, 0.2) is 0 Å². The summed E-state index contributed by atoms with van der Waals surface area (Å²) in [6, 6.07) is 0. The standard InChI is InChI=1S/C4H6O3.ClHO4.Zn/c1-2-3-7-4(5)6;2-1(3,4)5;/h2-3H,1H3,(H,5,6);(H,2,3,4,5);/p-1. The van der Waals surface area contributed by atoms with Gasteiger partial charge in [0.25, 0.3) is 0 Å². The first-order chi connectivity index (χ1) is 5.27. The summed E-state index contributed by atoms with van der Waals surface area (Å²) in [5.74, 6) is 0. The Balaban J connectivity index is -0.000000150. The van der Waals surface area contributed by atoms with Crippen LogP contribution in [0.25, 0.3) is 0 Å². The monoisotopic (exact) mass is 265 g/mol. The Morgan fingerprint density at radius 1 is 1.38 bits per heavy atom. The van der Waals surface area contributed by atoms with Crippen molar-refractivity contribution in [3.8, 4) is 0 Å². The van der Waals surface area contributed by atoms with Gasteiger partial charge in [0.2, 0.25) is 0 Å². The van der Waals surface area contributed by atoms with Gasteiger partial charge in [-0.25, -0.2) is 23.4 Å². The van der Waals surface area contributed by atoms with Gasteiger partial charge in [-0.15, -0.1) is 10.2 Å². The van der Waals surface area contributed by atoms with E-state index in [1.54, 1.807) is 6.92 Å². The fraction of sp³-hybridized carbons (Fsp3) is 0.250. The van der Waals surface area contributed by atoms with E-state index in [-0.39, 0.29) is 19.5 Å². The summed E-state index contributed by atoms with van der Waals surface area (Å²) in [5.41, 5.74) is 0. The second-order valence-electron chi connectivity index (χ2n) is 1.23. The number of ether oxygens (including phenoxy) is 1. The third-order valence-electron chi connectivity index (χ3n) is 0.305. The minimum atomic E-state index is -4.94. The van der Waals surface area contributed by atoms with Crippen molar-refractivity contribution in [1.82, 2.24) is 0 Å². The molecule has 13 heavy (non-hydrogen) atoms. The Labute approximate surface area is 88.7 Å². The van der Waals surface area contributed by atoms with Crippen LogP contribution in [0.1, 0.15) is 6.92 Å². The van der Waals surface area contributed by atoms with Crippen molar-refractivity contribution in [3.63, 3.8) is 0 Å². The number of allylic oxidation sites excluding steroid dienone is 1. The molecule has 0 saturated heterocycles. The van der Waals surface area contributed by atoms with Gasteiger partial charge >= 0.3 is 6.16 Å². The minimum absolute atomic E-state index is 0. The molecule has 7 nitrogen and oxygen atoms in total. The molecule has 0 rings (SSSR count). The van der Waals surface area contributed by atoms with Crippen LogP contribution in [-0.4, -0.2) is 11.3 Å². The van der Waals surface area contributed by atoms with Crippen LogP contribution in [-0.2, 0) is 24.2 Å². The number of carboxylic acid groups (broad SMARTS) is 1. The molecule has 0 aromatic carbocycles. The molecular formula is C4H6ClO7Zn-. The van der Waals surface area contributed by atoms with Crippen LogP contribution >= 0.6 is 0 Å².